The van der Waals surface area contributed by atoms with Gasteiger partial charge in [-0.15, -0.1) is 11.5 Å². The van der Waals surface area contributed by atoms with Gasteiger partial charge < -0.3 is 10.6 Å². The molecule has 2 heterocycles. The molecule has 0 radical (unpaired) electrons. The zero-order valence-electron chi connectivity index (χ0n) is 19.7. The van der Waals surface area contributed by atoms with Gasteiger partial charge in [-0.25, -0.2) is 4.52 Å². The average Bonchev–Trinajstić information content (AvgIpc) is 3.57. The predicted octanol–water partition coefficient (Wildman–Crippen LogP) is 5.25. The number of terminal acetylenes is 1. The number of carbonyl (C=O) groups is 1. The summed E-state index contributed by atoms with van der Waals surface area (Å²) >= 11 is 0. The molecule has 1 fully saturated rings. The van der Waals surface area contributed by atoms with Gasteiger partial charge in [0, 0.05) is 23.5 Å². The molecule has 1 aliphatic rings. The summed E-state index contributed by atoms with van der Waals surface area (Å²) in [5.74, 6) is 3.41. The lowest BCUT2D eigenvalue weighted by atomic mass is 9.85. The molecule has 6 heteroatoms. The number of fused-ring (bicyclic) bond motifs is 1. The molecule has 2 N–H and O–H groups in total. The SMILES string of the molecule is C#CC(C)(C)c1ccc(-c2cccn3nc(Nc4ccc(C)cc4)nc23)cc1.O=CNC1CC1. The minimum atomic E-state index is -0.287. The molecule has 4 aromatic rings. The monoisotopic (exact) mass is 451 g/mol. The van der Waals surface area contributed by atoms with E-state index < -0.39 is 0 Å². The van der Waals surface area contributed by atoms with E-state index in [1.807, 2.05) is 38.2 Å². The highest BCUT2D eigenvalue weighted by Gasteiger charge is 2.19. The maximum absolute atomic E-state index is 9.54. The van der Waals surface area contributed by atoms with Gasteiger partial charge in [0.05, 0.1) is 5.41 Å². The summed E-state index contributed by atoms with van der Waals surface area (Å²) < 4.78 is 1.80. The maximum atomic E-state index is 9.54. The lowest BCUT2D eigenvalue weighted by Crippen LogP contribution is -2.13. The lowest BCUT2D eigenvalue weighted by molar-refractivity contribution is -0.109. The number of hydrogen-bond donors (Lipinski definition) is 2. The van der Waals surface area contributed by atoms with E-state index in [2.05, 4.69) is 71.0 Å². The van der Waals surface area contributed by atoms with Crippen LogP contribution in [0.25, 0.3) is 16.8 Å². The van der Waals surface area contributed by atoms with Crippen LogP contribution >= 0.6 is 0 Å². The molecular formula is C28H29N5O. The first-order valence-electron chi connectivity index (χ1n) is 11.4. The zero-order valence-corrected chi connectivity index (χ0v) is 19.7. The third kappa shape index (κ3) is 5.44. The van der Waals surface area contributed by atoms with Crippen LogP contribution in [0.1, 0.15) is 37.8 Å². The first kappa shape index (κ1) is 23.1. The van der Waals surface area contributed by atoms with Gasteiger partial charge in [0.25, 0.3) is 0 Å². The second kappa shape index (κ2) is 9.80. The number of pyridine rings is 1. The van der Waals surface area contributed by atoms with Gasteiger partial charge in [0.15, 0.2) is 5.65 Å². The van der Waals surface area contributed by atoms with Crippen LogP contribution in [0.2, 0.25) is 0 Å². The fourth-order valence-corrected chi connectivity index (χ4v) is 3.45. The molecule has 172 valence electrons. The summed E-state index contributed by atoms with van der Waals surface area (Å²) in [5.41, 5.74) is 5.92. The fourth-order valence-electron chi connectivity index (χ4n) is 3.45. The second-order valence-corrected chi connectivity index (χ2v) is 9.02. The number of benzene rings is 2. The molecule has 5 rings (SSSR count). The van der Waals surface area contributed by atoms with E-state index in [1.165, 1.54) is 18.4 Å². The molecule has 0 spiro atoms. The number of amides is 1. The summed E-state index contributed by atoms with van der Waals surface area (Å²) in [6.07, 6.45) is 10.7. The highest BCUT2D eigenvalue weighted by Crippen LogP contribution is 2.28. The van der Waals surface area contributed by atoms with Crippen molar-refractivity contribution in [1.29, 1.82) is 0 Å². The molecule has 2 aromatic carbocycles. The van der Waals surface area contributed by atoms with E-state index in [0.717, 1.165) is 34.4 Å². The Labute approximate surface area is 200 Å². The number of rotatable bonds is 6. The van der Waals surface area contributed by atoms with Crippen molar-refractivity contribution in [2.45, 2.75) is 45.1 Å². The topological polar surface area (TPSA) is 71.3 Å². The van der Waals surface area contributed by atoms with Gasteiger partial charge in [-0.3, -0.25) is 4.79 Å². The van der Waals surface area contributed by atoms with Crippen LogP contribution in [0.3, 0.4) is 0 Å². The summed E-state index contributed by atoms with van der Waals surface area (Å²) in [4.78, 5) is 14.2. The smallest absolute Gasteiger partial charge is 0.247 e. The predicted molar refractivity (Wildman–Crippen MR) is 137 cm³/mol. The molecule has 0 unspecified atom stereocenters. The van der Waals surface area contributed by atoms with Crippen LogP contribution in [-0.2, 0) is 10.2 Å². The van der Waals surface area contributed by atoms with Gasteiger partial charge in [0.1, 0.15) is 0 Å². The van der Waals surface area contributed by atoms with E-state index in [9.17, 15) is 4.79 Å². The number of aromatic nitrogens is 3. The third-order valence-corrected chi connectivity index (χ3v) is 5.83. The number of nitrogens with one attached hydrogen (secondary N) is 2. The van der Waals surface area contributed by atoms with Gasteiger partial charge in [-0.1, -0.05) is 47.9 Å². The number of aryl methyl sites for hydroxylation is 1. The van der Waals surface area contributed by atoms with Crippen LogP contribution in [0.5, 0.6) is 0 Å². The lowest BCUT2D eigenvalue weighted by Gasteiger charge is -2.18. The van der Waals surface area contributed by atoms with Crippen molar-refractivity contribution >= 4 is 23.7 Å². The largest absolute Gasteiger partial charge is 0.356 e. The van der Waals surface area contributed by atoms with Crippen molar-refractivity contribution in [3.05, 3.63) is 78.0 Å². The molecule has 1 amide bonds. The summed E-state index contributed by atoms with van der Waals surface area (Å²) in [7, 11) is 0. The zero-order chi connectivity index (χ0) is 24.1. The third-order valence-electron chi connectivity index (χ3n) is 5.83. The van der Waals surface area contributed by atoms with Crippen molar-refractivity contribution in [3.63, 3.8) is 0 Å². The van der Waals surface area contributed by atoms with Crippen molar-refractivity contribution in [2.24, 2.45) is 0 Å². The molecular weight excluding hydrogens is 422 g/mol. The van der Waals surface area contributed by atoms with Crippen molar-refractivity contribution in [1.82, 2.24) is 19.9 Å². The molecule has 0 atom stereocenters. The van der Waals surface area contributed by atoms with E-state index in [4.69, 9.17) is 11.4 Å². The minimum absolute atomic E-state index is 0.287. The Balaban J connectivity index is 0.000000398. The number of anilines is 2. The van der Waals surface area contributed by atoms with E-state index in [-0.39, 0.29) is 5.41 Å². The van der Waals surface area contributed by atoms with Crippen molar-refractivity contribution in [2.75, 3.05) is 5.32 Å². The highest BCUT2D eigenvalue weighted by atomic mass is 16.1. The Morgan fingerprint density at radius 3 is 2.38 bits per heavy atom. The first-order valence-corrected chi connectivity index (χ1v) is 11.4. The first-order chi connectivity index (χ1) is 16.4. The summed E-state index contributed by atoms with van der Waals surface area (Å²) in [6.45, 7) is 6.16. The molecule has 1 saturated carbocycles. The standard InChI is InChI=1S/C24H22N4.C4H7NO/c1-5-24(3,4)19-12-10-18(11-13-19)21-7-6-16-28-22(21)26-23(27-28)25-20-14-8-17(2)9-15-20;6-3-5-4-1-2-4/h1,6-16H,2-4H3,(H,25,27);3-4H,1-2H2,(H,5,6). The Kier molecular flexibility index (Phi) is 6.65. The van der Waals surface area contributed by atoms with E-state index in [1.54, 1.807) is 4.52 Å². The van der Waals surface area contributed by atoms with Crippen LogP contribution in [0.4, 0.5) is 11.6 Å². The molecule has 2 aromatic heterocycles. The average molecular weight is 452 g/mol. The number of carbonyl (C=O) groups excluding carboxylic acids is 1. The Hall–Kier alpha value is -4.11. The molecule has 0 aliphatic heterocycles. The molecule has 34 heavy (non-hydrogen) atoms. The van der Waals surface area contributed by atoms with Crippen LogP contribution in [0.15, 0.2) is 66.9 Å². The van der Waals surface area contributed by atoms with Gasteiger partial charge in [-0.2, -0.15) is 4.98 Å². The number of nitrogens with zero attached hydrogens (tertiary/aromatic N) is 3. The van der Waals surface area contributed by atoms with Crippen molar-refractivity contribution < 1.29 is 4.79 Å². The maximum Gasteiger partial charge on any atom is 0.247 e. The Morgan fingerprint density at radius 1 is 1.09 bits per heavy atom. The van der Waals surface area contributed by atoms with Crippen LogP contribution in [-0.4, -0.2) is 27.0 Å². The molecule has 0 saturated heterocycles. The number of hydrogen-bond acceptors (Lipinski definition) is 4. The minimum Gasteiger partial charge on any atom is -0.356 e. The van der Waals surface area contributed by atoms with Gasteiger partial charge in [0.2, 0.25) is 12.4 Å². The summed E-state index contributed by atoms with van der Waals surface area (Å²) in [5, 5.41) is 10.5. The molecule has 0 bridgehead atoms. The van der Waals surface area contributed by atoms with E-state index >= 15 is 0 Å². The van der Waals surface area contributed by atoms with Crippen molar-refractivity contribution in [3.8, 4) is 23.5 Å². The quantitative estimate of drug-likeness (QED) is 0.310. The molecule has 6 nitrogen and oxygen atoms in total. The Bertz CT molecular complexity index is 1310. The van der Waals surface area contributed by atoms with Gasteiger partial charge >= 0.3 is 0 Å². The van der Waals surface area contributed by atoms with E-state index in [0.29, 0.717) is 12.0 Å². The van der Waals surface area contributed by atoms with Crippen LogP contribution < -0.4 is 10.6 Å². The highest BCUT2D eigenvalue weighted by molar-refractivity contribution is 5.78. The normalized spacial score (nSPS) is 12.9. The van der Waals surface area contributed by atoms with Gasteiger partial charge in [-0.05, 0) is 69.0 Å². The second-order valence-electron chi connectivity index (χ2n) is 9.02. The summed E-state index contributed by atoms with van der Waals surface area (Å²) in [6, 6.07) is 21.1. The molecule has 1 aliphatic carbocycles. The fraction of sp³-hybridized carbons (Fsp3) is 0.250. The van der Waals surface area contributed by atoms with Crippen LogP contribution in [0, 0.1) is 19.3 Å². The Morgan fingerprint density at radius 2 is 1.79 bits per heavy atom.